The summed E-state index contributed by atoms with van der Waals surface area (Å²) in [6.45, 7) is 0. The fourth-order valence-electron chi connectivity index (χ4n) is 6.34. The summed E-state index contributed by atoms with van der Waals surface area (Å²) in [4.78, 5) is 111. The highest BCUT2D eigenvalue weighted by molar-refractivity contribution is 5.97. The molecule has 2 unspecified atom stereocenters. The van der Waals surface area contributed by atoms with Crippen LogP contribution in [0.25, 0.3) is 22.1 Å². The Bertz CT molecular complexity index is 2570. The summed E-state index contributed by atoms with van der Waals surface area (Å²) >= 11 is 0. The molecule has 71 heavy (non-hydrogen) atoms. The average molecular weight is 1010 g/mol. The molecule has 396 valence electrons. The Hall–Kier alpha value is -8.66. The van der Waals surface area contributed by atoms with Crippen LogP contribution in [-0.4, -0.2) is 105 Å². The lowest BCUT2D eigenvalue weighted by Gasteiger charge is -2.20. The molecular formula is C40H64N14O17. The van der Waals surface area contributed by atoms with Crippen LogP contribution in [0.2, 0.25) is 0 Å². The van der Waals surface area contributed by atoms with Gasteiger partial charge in [-0.05, 0) is 97.9 Å². The van der Waals surface area contributed by atoms with E-state index >= 15 is 0 Å². The zero-order valence-electron chi connectivity index (χ0n) is 39.0. The van der Waals surface area contributed by atoms with Gasteiger partial charge in [0.25, 0.3) is 22.9 Å². The van der Waals surface area contributed by atoms with E-state index < -0.39 is 60.6 Å². The largest absolute Gasteiger partial charge is 0.550 e. The minimum atomic E-state index is -1.57. The van der Waals surface area contributed by atoms with Gasteiger partial charge in [0.1, 0.15) is 11.3 Å². The Kier molecular flexibility index (Phi) is 32.3. The van der Waals surface area contributed by atoms with E-state index in [1.54, 1.807) is 36.7 Å². The number of H-pyrrole nitrogens is 4. The molecule has 2 amide bonds. The predicted octanol–water partition coefficient (Wildman–Crippen LogP) is -6.62. The minimum absolute atomic E-state index is 0. The summed E-state index contributed by atoms with van der Waals surface area (Å²) in [6, 6.07) is 10.1. The van der Waals surface area contributed by atoms with Crippen LogP contribution in [0.1, 0.15) is 68.7 Å². The summed E-state index contributed by atoms with van der Waals surface area (Å²) in [5, 5.41) is 48.5. The van der Waals surface area contributed by atoms with E-state index in [-0.39, 0.29) is 99.0 Å². The number of anilines is 2. The Balaban J connectivity index is -0.000000363. The number of carboxylic acid groups (broad SMARTS) is 4. The van der Waals surface area contributed by atoms with E-state index in [0.717, 1.165) is 22.3 Å². The molecule has 0 radical (unpaired) electrons. The fourth-order valence-corrected chi connectivity index (χ4v) is 6.34. The van der Waals surface area contributed by atoms with Crippen LogP contribution in [0.15, 0.2) is 70.5 Å². The number of hydrogen-bond acceptors (Lipinski definition) is 16. The third-order valence-corrected chi connectivity index (χ3v) is 9.54. The van der Waals surface area contributed by atoms with Crippen LogP contribution < -0.4 is 78.2 Å². The molecule has 0 saturated heterocycles. The molecule has 36 N–H and O–H groups in total. The molecule has 4 heterocycles. The Morgan fingerprint density at radius 2 is 0.831 bits per heavy atom. The third-order valence-electron chi connectivity index (χ3n) is 9.54. The number of carboxylic acids is 4. The number of carbonyl (C=O) groups excluding carboxylic acids is 6. The highest BCUT2D eigenvalue weighted by Gasteiger charge is 2.17. The van der Waals surface area contributed by atoms with Crippen molar-refractivity contribution >= 4 is 69.7 Å². The number of nitrogens with zero attached hydrogens (tertiary/aromatic N) is 2. The second kappa shape index (κ2) is 32.2. The molecule has 0 saturated carbocycles. The predicted molar refractivity (Wildman–Crippen MR) is 253 cm³/mol. The summed E-state index contributed by atoms with van der Waals surface area (Å²) in [5.74, 6) is -7.24. The highest BCUT2D eigenvalue weighted by Crippen LogP contribution is 2.18. The van der Waals surface area contributed by atoms with Crippen molar-refractivity contribution in [3.05, 3.63) is 115 Å². The van der Waals surface area contributed by atoms with Gasteiger partial charge in [0.2, 0.25) is 11.9 Å². The number of fused-ring (bicyclic) bond motifs is 2. The zero-order chi connectivity index (χ0) is 45.1. The molecule has 0 bridgehead atoms. The maximum atomic E-state index is 12.2. The van der Waals surface area contributed by atoms with Gasteiger partial charge in [-0.3, -0.25) is 29.1 Å². The number of hydrogen-bond donors (Lipinski definition) is 12. The molecule has 2 aromatic carbocycles. The van der Waals surface area contributed by atoms with Gasteiger partial charge in [-0.25, -0.2) is 0 Å². The van der Waals surface area contributed by atoms with Gasteiger partial charge >= 0.3 is 0 Å². The normalized spacial score (nSPS) is 10.4. The molecule has 0 spiro atoms. The number of aromatic nitrogens is 6. The topological polar surface area (TPSA) is 697 Å². The van der Waals surface area contributed by atoms with Gasteiger partial charge < -0.3 is 124 Å². The van der Waals surface area contributed by atoms with Crippen LogP contribution >= 0.6 is 0 Å². The molecule has 6 aromatic rings. The lowest BCUT2D eigenvalue weighted by Crippen LogP contribution is -2.48. The number of nitrogens with two attached hydrogens (primary N) is 2. The SMILES string of the molecule is Nc1nc2[nH]cc(CCc3ccc(C(=O)NC(CCC(=O)[O-])C(=O)[O-])cc3)c2c(=O)[nH]1.Nc1nc2[nH]cc(CCc3ccc(C(=O)NC(CCC(=O)[O-])C(=O)[O-])cc3)c2c(=O)[nH]1.O.O.O.O.O.[NH4+].[NH4+].[NH4+].[NH4+]. The number of quaternary nitrogens is 4. The van der Waals surface area contributed by atoms with Crippen molar-refractivity contribution in [2.24, 2.45) is 0 Å². The number of aryl methyl sites for hydroxylation is 4. The molecule has 31 heteroatoms. The van der Waals surface area contributed by atoms with Crippen molar-refractivity contribution in [3.63, 3.8) is 0 Å². The molecule has 0 aliphatic rings. The first-order valence-corrected chi connectivity index (χ1v) is 18.8. The number of rotatable bonds is 18. The maximum Gasteiger partial charge on any atom is 0.262 e. The van der Waals surface area contributed by atoms with E-state index in [4.69, 9.17) is 11.5 Å². The molecule has 31 nitrogen and oxygen atoms in total. The molecule has 4 aromatic heterocycles. The number of aliphatic carboxylic acids is 4. The first-order valence-electron chi connectivity index (χ1n) is 18.8. The molecule has 0 aliphatic carbocycles. The van der Waals surface area contributed by atoms with Gasteiger partial charge in [-0.1, -0.05) is 24.3 Å². The molecule has 6 rings (SSSR count). The van der Waals surface area contributed by atoms with Crippen molar-refractivity contribution < 1.29 is 76.6 Å². The highest BCUT2D eigenvalue weighted by atomic mass is 16.4. The summed E-state index contributed by atoms with van der Waals surface area (Å²) < 4.78 is 0. The lowest BCUT2D eigenvalue weighted by molar-refractivity contribution is -0.312. The minimum Gasteiger partial charge on any atom is -0.550 e. The quantitative estimate of drug-likeness (QED) is 0.0381. The number of carbonyl (C=O) groups is 6. The van der Waals surface area contributed by atoms with E-state index in [0.29, 0.717) is 47.8 Å². The van der Waals surface area contributed by atoms with Crippen molar-refractivity contribution in [2.45, 2.75) is 63.5 Å². The Morgan fingerprint density at radius 1 is 0.521 bits per heavy atom. The smallest absolute Gasteiger partial charge is 0.262 e. The van der Waals surface area contributed by atoms with Gasteiger partial charge in [-0.15, -0.1) is 0 Å². The maximum absolute atomic E-state index is 12.2. The van der Waals surface area contributed by atoms with Crippen molar-refractivity contribution in [2.75, 3.05) is 11.5 Å². The first-order chi connectivity index (χ1) is 29.5. The van der Waals surface area contributed by atoms with Crippen LogP contribution in [0.4, 0.5) is 11.9 Å². The number of amides is 2. The zero-order valence-corrected chi connectivity index (χ0v) is 39.0. The third kappa shape index (κ3) is 19.5. The van der Waals surface area contributed by atoms with Crippen LogP contribution in [0.3, 0.4) is 0 Å². The number of nitrogens with one attached hydrogen (secondary N) is 6. The Morgan fingerprint density at radius 3 is 1.11 bits per heavy atom. The average Bonchev–Trinajstić information content (AvgIpc) is 3.83. The number of aromatic amines is 4. The van der Waals surface area contributed by atoms with Crippen molar-refractivity contribution in [3.8, 4) is 0 Å². The van der Waals surface area contributed by atoms with Gasteiger partial charge in [-0.2, -0.15) is 9.97 Å². The van der Waals surface area contributed by atoms with E-state index in [1.807, 2.05) is 0 Å². The lowest BCUT2D eigenvalue weighted by atomic mass is 10.0. The summed E-state index contributed by atoms with van der Waals surface area (Å²) in [6.07, 6.45) is 3.91. The van der Waals surface area contributed by atoms with Crippen molar-refractivity contribution in [1.29, 1.82) is 0 Å². The fraction of sp³-hybridized carbons (Fsp3) is 0.250. The van der Waals surface area contributed by atoms with Gasteiger partial charge in [0.15, 0.2) is 0 Å². The number of benzene rings is 2. The summed E-state index contributed by atoms with van der Waals surface area (Å²) in [5.41, 5.74) is 15.0. The molecular weight excluding hydrogens is 949 g/mol. The first kappa shape index (κ1) is 71.3. The van der Waals surface area contributed by atoms with Gasteiger partial charge in [0, 0.05) is 35.5 Å². The second-order valence-corrected chi connectivity index (χ2v) is 13.9. The van der Waals surface area contributed by atoms with E-state index in [9.17, 15) is 58.8 Å². The monoisotopic (exact) mass is 1010 g/mol. The van der Waals surface area contributed by atoms with E-state index in [2.05, 4.69) is 40.5 Å². The van der Waals surface area contributed by atoms with Crippen LogP contribution in [-0.2, 0) is 44.9 Å². The molecule has 0 fully saturated rings. The molecule has 0 aliphatic heterocycles. The van der Waals surface area contributed by atoms with Crippen LogP contribution in [0.5, 0.6) is 0 Å². The van der Waals surface area contributed by atoms with E-state index in [1.165, 1.54) is 24.3 Å². The summed E-state index contributed by atoms with van der Waals surface area (Å²) in [7, 11) is 0. The number of nitrogen functional groups attached to an aromatic ring is 2. The van der Waals surface area contributed by atoms with Crippen molar-refractivity contribution in [1.82, 2.24) is 65.1 Å². The second-order valence-electron chi connectivity index (χ2n) is 13.9. The molecule has 2 atom stereocenters. The Labute approximate surface area is 400 Å². The van der Waals surface area contributed by atoms with Crippen LogP contribution in [0, 0.1) is 0 Å². The van der Waals surface area contributed by atoms with Gasteiger partial charge in [0.05, 0.1) is 34.8 Å². The standard InChI is InChI=1S/2C20H21N5O6.4H3N.5H2O/c2*21-20-24-16-15(18(29)25-20)12(9-22-16)6-3-10-1-4-11(5-2-10)17(28)23-13(19(30)31)7-8-14(26)27;;;;;;;;;/h2*1-2,4-5,9,13H,3,6-8H2,(H,23,28)(H,26,27)(H,30,31)(H4,21,22,24,25,29);4*1H3;5*1H2.